The highest BCUT2D eigenvalue weighted by Gasteiger charge is 2.68. The Bertz CT molecular complexity index is 907. The molecule has 29 heavy (non-hydrogen) atoms. The average molecular weight is 391 g/mol. The summed E-state index contributed by atoms with van der Waals surface area (Å²) in [4.78, 5) is 33.6. The van der Waals surface area contributed by atoms with Gasteiger partial charge in [0.2, 0.25) is 11.8 Å². The van der Waals surface area contributed by atoms with Crippen molar-refractivity contribution in [1.82, 2.24) is 14.8 Å². The Labute approximate surface area is 170 Å². The molecule has 1 aromatic carbocycles. The zero-order chi connectivity index (χ0) is 20.0. The van der Waals surface area contributed by atoms with Crippen LogP contribution < -0.4 is 0 Å². The Morgan fingerprint density at radius 3 is 2.48 bits per heavy atom. The second-order valence-corrected chi connectivity index (χ2v) is 8.51. The molecule has 6 heteroatoms. The van der Waals surface area contributed by atoms with Gasteiger partial charge in [-0.3, -0.25) is 14.6 Å². The molecule has 2 aliphatic heterocycles. The number of hydrogen-bond donors (Lipinski definition) is 1. The Morgan fingerprint density at radius 1 is 1.10 bits per heavy atom. The first-order valence-electron chi connectivity index (χ1n) is 10.3. The van der Waals surface area contributed by atoms with Gasteiger partial charge in [-0.1, -0.05) is 36.4 Å². The van der Waals surface area contributed by atoms with Gasteiger partial charge in [-0.05, 0) is 30.0 Å². The van der Waals surface area contributed by atoms with Crippen LogP contribution in [0.15, 0.2) is 54.9 Å². The normalized spacial score (nSPS) is 24.7. The molecule has 1 N–H and O–H groups in total. The van der Waals surface area contributed by atoms with E-state index in [0.717, 1.165) is 24.0 Å². The molecule has 3 heterocycles. The van der Waals surface area contributed by atoms with E-state index in [1.807, 2.05) is 40.1 Å². The van der Waals surface area contributed by atoms with Crippen LogP contribution in [0.4, 0.5) is 0 Å². The lowest BCUT2D eigenvalue weighted by molar-refractivity contribution is -0.203. The largest absolute Gasteiger partial charge is 0.394 e. The summed E-state index contributed by atoms with van der Waals surface area (Å²) in [7, 11) is 0. The number of benzene rings is 1. The lowest BCUT2D eigenvalue weighted by atomic mass is 9.60. The molecule has 0 bridgehead atoms. The van der Waals surface area contributed by atoms with Gasteiger partial charge in [-0.2, -0.15) is 0 Å². The molecule has 3 aliphatic rings. The highest BCUT2D eigenvalue weighted by Crippen LogP contribution is 2.55. The van der Waals surface area contributed by atoms with E-state index in [0.29, 0.717) is 19.5 Å². The maximum Gasteiger partial charge on any atom is 0.227 e. The van der Waals surface area contributed by atoms with Crippen molar-refractivity contribution in [2.75, 3.05) is 19.7 Å². The molecule has 2 amide bonds. The van der Waals surface area contributed by atoms with Gasteiger partial charge >= 0.3 is 0 Å². The van der Waals surface area contributed by atoms with Crippen LogP contribution >= 0.6 is 0 Å². The van der Waals surface area contributed by atoms with E-state index in [4.69, 9.17) is 0 Å². The predicted molar refractivity (Wildman–Crippen MR) is 107 cm³/mol. The summed E-state index contributed by atoms with van der Waals surface area (Å²) in [6, 6.07) is 13.6. The summed E-state index contributed by atoms with van der Waals surface area (Å²) in [6.07, 6.45) is 5.60. The van der Waals surface area contributed by atoms with Gasteiger partial charge in [-0.15, -0.1) is 0 Å². The highest BCUT2D eigenvalue weighted by atomic mass is 16.3. The van der Waals surface area contributed by atoms with Crippen molar-refractivity contribution in [1.29, 1.82) is 0 Å². The first-order valence-corrected chi connectivity index (χ1v) is 10.3. The molecular weight excluding hydrogens is 366 g/mol. The standard InChI is InChI=1S/C23H25N3O3/c27-13-19-21(17-6-2-1-3-7-17)23(26(19)22(29)18-8-9-18)14-25(15-23)20(28)11-16-5-4-10-24-12-16/h1-7,10,12,18-19,21,27H,8-9,11,13-15H2/t19-,21+/m1/s1. The fraction of sp³-hybridized carbons (Fsp3) is 0.435. The number of hydrogen-bond acceptors (Lipinski definition) is 4. The topological polar surface area (TPSA) is 73.7 Å². The van der Waals surface area contributed by atoms with Gasteiger partial charge in [-0.25, -0.2) is 0 Å². The van der Waals surface area contributed by atoms with Gasteiger partial charge in [0.05, 0.1) is 24.6 Å². The van der Waals surface area contributed by atoms with Crippen molar-refractivity contribution < 1.29 is 14.7 Å². The molecule has 1 spiro atoms. The number of likely N-dealkylation sites (tertiary alicyclic amines) is 2. The molecule has 1 aromatic heterocycles. The van der Waals surface area contributed by atoms with Crippen LogP contribution in [0.2, 0.25) is 0 Å². The Hall–Kier alpha value is -2.73. The van der Waals surface area contributed by atoms with Crippen LogP contribution in [-0.4, -0.2) is 63.0 Å². The van der Waals surface area contributed by atoms with Gasteiger partial charge in [0.15, 0.2) is 0 Å². The third kappa shape index (κ3) is 2.94. The Balaban J connectivity index is 1.38. The molecule has 1 saturated carbocycles. The van der Waals surface area contributed by atoms with Gasteiger partial charge in [0.1, 0.15) is 0 Å². The maximum atomic E-state index is 13.0. The van der Waals surface area contributed by atoms with Crippen molar-refractivity contribution in [3.8, 4) is 0 Å². The van der Waals surface area contributed by atoms with E-state index in [1.54, 1.807) is 12.4 Å². The molecule has 1 aliphatic carbocycles. The number of amides is 2. The second kappa shape index (κ2) is 6.95. The van der Waals surface area contributed by atoms with E-state index in [-0.39, 0.29) is 41.8 Å². The monoisotopic (exact) mass is 391 g/mol. The summed E-state index contributed by atoms with van der Waals surface area (Å²) in [6.45, 7) is 1.00. The van der Waals surface area contributed by atoms with Gasteiger partial charge in [0.25, 0.3) is 0 Å². The minimum atomic E-state index is -0.390. The number of carbonyl (C=O) groups is 2. The van der Waals surface area contributed by atoms with E-state index in [1.165, 1.54) is 0 Å². The molecule has 2 atom stereocenters. The van der Waals surface area contributed by atoms with Crippen molar-refractivity contribution >= 4 is 11.8 Å². The van der Waals surface area contributed by atoms with Crippen LogP contribution in [0.3, 0.4) is 0 Å². The number of aliphatic hydroxyl groups is 1. The summed E-state index contributed by atoms with van der Waals surface area (Å²) >= 11 is 0. The molecule has 0 radical (unpaired) electrons. The third-order valence-electron chi connectivity index (χ3n) is 6.65. The number of aromatic nitrogens is 1. The zero-order valence-corrected chi connectivity index (χ0v) is 16.3. The number of rotatable bonds is 5. The number of pyridine rings is 1. The van der Waals surface area contributed by atoms with Crippen LogP contribution in [-0.2, 0) is 16.0 Å². The van der Waals surface area contributed by atoms with E-state index in [2.05, 4.69) is 17.1 Å². The fourth-order valence-electron chi connectivity index (χ4n) is 5.12. The molecule has 5 rings (SSSR count). The van der Waals surface area contributed by atoms with Crippen LogP contribution in [0.5, 0.6) is 0 Å². The molecule has 2 saturated heterocycles. The minimum absolute atomic E-state index is 0.0522. The third-order valence-corrected chi connectivity index (χ3v) is 6.65. The number of nitrogens with zero attached hydrogens (tertiary/aromatic N) is 3. The van der Waals surface area contributed by atoms with E-state index < -0.39 is 0 Å². The summed E-state index contributed by atoms with van der Waals surface area (Å²) in [5.74, 6) is 0.355. The van der Waals surface area contributed by atoms with Crippen LogP contribution in [0.1, 0.15) is 29.9 Å². The van der Waals surface area contributed by atoms with Crippen molar-refractivity contribution in [3.05, 3.63) is 66.0 Å². The second-order valence-electron chi connectivity index (χ2n) is 8.51. The lowest BCUT2D eigenvalue weighted by Gasteiger charge is -2.70. The van der Waals surface area contributed by atoms with Crippen molar-refractivity contribution in [2.24, 2.45) is 5.92 Å². The smallest absolute Gasteiger partial charge is 0.227 e. The summed E-state index contributed by atoms with van der Waals surface area (Å²) < 4.78 is 0. The van der Waals surface area contributed by atoms with Crippen molar-refractivity contribution in [2.45, 2.75) is 36.8 Å². The van der Waals surface area contributed by atoms with Crippen LogP contribution in [0.25, 0.3) is 0 Å². The first kappa shape index (κ1) is 18.3. The molecule has 6 nitrogen and oxygen atoms in total. The van der Waals surface area contributed by atoms with Crippen LogP contribution in [0, 0.1) is 5.92 Å². The average Bonchev–Trinajstić information content (AvgIpc) is 3.53. The predicted octanol–water partition coefficient (Wildman–Crippen LogP) is 1.60. The first-order chi connectivity index (χ1) is 14.1. The molecule has 2 aromatic rings. The van der Waals surface area contributed by atoms with E-state index in [9.17, 15) is 14.7 Å². The maximum absolute atomic E-state index is 13.0. The fourth-order valence-corrected chi connectivity index (χ4v) is 5.12. The number of carbonyl (C=O) groups excluding carboxylic acids is 2. The molecule has 0 unspecified atom stereocenters. The molecule has 150 valence electrons. The highest BCUT2D eigenvalue weighted by molar-refractivity contribution is 5.86. The lowest BCUT2D eigenvalue weighted by Crippen LogP contribution is -2.86. The molecular formula is C23H25N3O3. The van der Waals surface area contributed by atoms with Gasteiger partial charge in [0, 0.05) is 37.3 Å². The summed E-state index contributed by atoms with van der Waals surface area (Å²) in [5.41, 5.74) is 1.63. The quantitative estimate of drug-likeness (QED) is 0.840. The van der Waals surface area contributed by atoms with E-state index >= 15 is 0 Å². The van der Waals surface area contributed by atoms with Gasteiger partial charge < -0.3 is 14.9 Å². The summed E-state index contributed by atoms with van der Waals surface area (Å²) in [5, 5.41) is 10.1. The Kier molecular flexibility index (Phi) is 4.39. The molecule has 3 fully saturated rings. The van der Waals surface area contributed by atoms with Crippen molar-refractivity contribution in [3.63, 3.8) is 0 Å². The minimum Gasteiger partial charge on any atom is -0.394 e. The zero-order valence-electron chi connectivity index (χ0n) is 16.3. The Morgan fingerprint density at radius 2 is 1.86 bits per heavy atom. The number of aliphatic hydroxyl groups excluding tert-OH is 1. The SMILES string of the molecule is O=C(Cc1cccnc1)N1CC2(C1)[C@@H](c1ccccc1)[C@@H](CO)N2C(=O)C1CC1.